The van der Waals surface area contributed by atoms with E-state index in [2.05, 4.69) is 5.32 Å². The standard InChI is InChI=1S/C4H10N2OS.CH2O2/c1-6-4(7)8-3-2-5;2-1-3/h2-3,5H2,1H3,(H,6,7);1H,(H,2,3). The maximum absolute atomic E-state index is 10.4. The summed E-state index contributed by atoms with van der Waals surface area (Å²) in [4.78, 5) is 18.7. The van der Waals surface area contributed by atoms with Crippen LogP contribution < -0.4 is 11.1 Å². The van der Waals surface area contributed by atoms with Crippen molar-refractivity contribution in [1.29, 1.82) is 0 Å². The number of carboxylic acid groups (broad SMARTS) is 1. The second kappa shape index (κ2) is 12.0. The Morgan fingerprint density at radius 2 is 2.27 bits per heavy atom. The van der Waals surface area contributed by atoms with Crippen LogP contribution in [-0.4, -0.2) is 36.2 Å². The highest BCUT2D eigenvalue weighted by atomic mass is 32.2. The van der Waals surface area contributed by atoms with E-state index in [1.165, 1.54) is 11.8 Å². The monoisotopic (exact) mass is 180 g/mol. The van der Waals surface area contributed by atoms with Crippen molar-refractivity contribution in [3.05, 3.63) is 0 Å². The molecule has 0 aliphatic carbocycles. The quantitative estimate of drug-likeness (QED) is 0.508. The molecule has 0 radical (unpaired) electrons. The summed E-state index contributed by atoms with van der Waals surface area (Å²) in [5.41, 5.74) is 5.13. The molecule has 0 aromatic carbocycles. The first-order valence-corrected chi connectivity index (χ1v) is 3.83. The van der Waals surface area contributed by atoms with Gasteiger partial charge in [-0.25, -0.2) is 0 Å². The Labute approximate surface area is 69.3 Å². The Kier molecular flexibility index (Phi) is 14.0. The molecule has 11 heavy (non-hydrogen) atoms. The molecular weight excluding hydrogens is 168 g/mol. The number of nitrogens with two attached hydrogens (primary N) is 1. The van der Waals surface area contributed by atoms with Crippen LogP contribution in [0.2, 0.25) is 0 Å². The Balaban J connectivity index is 0. The Morgan fingerprint density at radius 1 is 1.82 bits per heavy atom. The molecule has 4 N–H and O–H groups in total. The molecule has 1 amide bonds. The molecule has 66 valence electrons. The van der Waals surface area contributed by atoms with E-state index in [0.717, 1.165) is 0 Å². The summed E-state index contributed by atoms with van der Waals surface area (Å²) >= 11 is 1.20. The molecule has 0 bridgehead atoms. The molecule has 0 spiro atoms. The molecule has 0 atom stereocenters. The van der Waals surface area contributed by atoms with Crippen LogP contribution in [0.15, 0.2) is 0 Å². The van der Waals surface area contributed by atoms with Crippen LogP contribution in [-0.2, 0) is 4.79 Å². The average Bonchev–Trinajstić information content (AvgIpc) is 2.02. The lowest BCUT2D eigenvalue weighted by atomic mass is 10.8. The molecule has 0 aliphatic heterocycles. The maximum Gasteiger partial charge on any atom is 0.290 e. The van der Waals surface area contributed by atoms with E-state index in [1.54, 1.807) is 7.05 Å². The minimum atomic E-state index is -0.250. The predicted molar refractivity (Wildman–Crippen MR) is 44.7 cm³/mol. The minimum absolute atomic E-state index is 0.0181. The second-order valence-corrected chi connectivity index (χ2v) is 2.35. The predicted octanol–water partition coefficient (Wildman–Crippen LogP) is -0.282. The summed E-state index contributed by atoms with van der Waals surface area (Å²) in [6.45, 7) is 0.304. The van der Waals surface area contributed by atoms with Crippen LogP contribution in [0.1, 0.15) is 0 Å². The first kappa shape index (κ1) is 12.9. The van der Waals surface area contributed by atoms with E-state index in [4.69, 9.17) is 15.6 Å². The van der Waals surface area contributed by atoms with E-state index in [1.807, 2.05) is 0 Å². The highest BCUT2D eigenvalue weighted by Crippen LogP contribution is 1.96. The van der Waals surface area contributed by atoms with Gasteiger partial charge in [-0.2, -0.15) is 0 Å². The van der Waals surface area contributed by atoms with Gasteiger partial charge in [0, 0.05) is 19.3 Å². The van der Waals surface area contributed by atoms with E-state index in [0.29, 0.717) is 12.3 Å². The molecule has 0 heterocycles. The average molecular weight is 180 g/mol. The Bertz CT molecular complexity index is 110. The van der Waals surface area contributed by atoms with Crippen LogP contribution >= 0.6 is 11.8 Å². The molecule has 0 saturated carbocycles. The van der Waals surface area contributed by atoms with Crippen LogP contribution in [0.25, 0.3) is 0 Å². The van der Waals surface area contributed by atoms with Gasteiger partial charge in [-0.05, 0) is 0 Å². The summed E-state index contributed by atoms with van der Waals surface area (Å²) in [5.74, 6) is 0.694. The third-order valence-electron chi connectivity index (χ3n) is 0.555. The molecule has 0 unspecified atom stereocenters. The number of thioether (sulfide) groups is 1. The smallest absolute Gasteiger partial charge is 0.290 e. The van der Waals surface area contributed by atoms with Crippen LogP contribution in [0, 0.1) is 0 Å². The highest BCUT2D eigenvalue weighted by molar-refractivity contribution is 8.13. The first-order valence-electron chi connectivity index (χ1n) is 2.85. The van der Waals surface area contributed by atoms with Crippen molar-refractivity contribution in [3.8, 4) is 0 Å². The number of amides is 1. The molecule has 0 saturated heterocycles. The number of nitrogens with one attached hydrogen (secondary N) is 1. The molecule has 0 aliphatic rings. The Hall–Kier alpha value is -0.750. The lowest BCUT2D eigenvalue weighted by Gasteiger charge is -1.93. The summed E-state index contributed by atoms with van der Waals surface area (Å²) in [6, 6.07) is 0. The molecule has 0 fully saturated rings. The van der Waals surface area contributed by atoms with E-state index < -0.39 is 0 Å². The molecule has 6 heteroatoms. The van der Waals surface area contributed by atoms with Gasteiger partial charge in [0.15, 0.2) is 0 Å². The summed E-state index contributed by atoms with van der Waals surface area (Å²) < 4.78 is 0. The van der Waals surface area contributed by atoms with Gasteiger partial charge in [0.1, 0.15) is 0 Å². The van der Waals surface area contributed by atoms with Crippen molar-refractivity contribution >= 4 is 23.5 Å². The van der Waals surface area contributed by atoms with Crippen molar-refractivity contribution in [2.45, 2.75) is 0 Å². The first-order chi connectivity index (χ1) is 5.22. The fourth-order valence-corrected chi connectivity index (χ4v) is 0.671. The van der Waals surface area contributed by atoms with Crippen LogP contribution in [0.3, 0.4) is 0 Å². The molecule has 5 nitrogen and oxygen atoms in total. The molecule has 0 rings (SSSR count). The van der Waals surface area contributed by atoms with E-state index in [9.17, 15) is 4.79 Å². The van der Waals surface area contributed by atoms with Gasteiger partial charge in [0.2, 0.25) is 0 Å². The summed E-state index contributed by atoms with van der Waals surface area (Å²) in [6.07, 6.45) is 0. The fraction of sp³-hybridized carbons (Fsp3) is 0.600. The van der Waals surface area contributed by atoms with E-state index in [-0.39, 0.29) is 11.7 Å². The number of hydrogen-bond donors (Lipinski definition) is 3. The number of hydrogen-bond acceptors (Lipinski definition) is 4. The second-order valence-electron chi connectivity index (χ2n) is 1.28. The number of carbonyl (C=O) groups excluding carboxylic acids is 1. The van der Waals surface area contributed by atoms with Crippen molar-refractivity contribution in [2.24, 2.45) is 5.73 Å². The normalized spacial score (nSPS) is 7.45. The minimum Gasteiger partial charge on any atom is -0.483 e. The zero-order chi connectivity index (χ0) is 9.11. The van der Waals surface area contributed by atoms with Gasteiger partial charge in [-0.3, -0.25) is 9.59 Å². The largest absolute Gasteiger partial charge is 0.483 e. The van der Waals surface area contributed by atoms with Gasteiger partial charge < -0.3 is 16.2 Å². The topological polar surface area (TPSA) is 92.4 Å². The van der Waals surface area contributed by atoms with Gasteiger partial charge in [-0.1, -0.05) is 11.8 Å². The van der Waals surface area contributed by atoms with Gasteiger partial charge in [0.25, 0.3) is 11.7 Å². The zero-order valence-corrected chi connectivity index (χ0v) is 7.06. The van der Waals surface area contributed by atoms with Crippen molar-refractivity contribution in [1.82, 2.24) is 5.32 Å². The Morgan fingerprint density at radius 3 is 2.55 bits per heavy atom. The van der Waals surface area contributed by atoms with Gasteiger partial charge in [-0.15, -0.1) is 0 Å². The van der Waals surface area contributed by atoms with Crippen molar-refractivity contribution < 1.29 is 14.7 Å². The van der Waals surface area contributed by atoms with Crippen LogP contribution in [0.5, 0.6) is 0 Å². The maximum atomic E-state index is 10.4. The van der Waals surface area contributed by atoms with Gasteiger partial charge >= 0.3 is 0 Å². The third-order valence-corrected chi connectivity index (χ3v) is 1.46. The zero-order valence-electron chi connectivity index (χ0n) is 6.24. The lowest BCUT2D eigenvalue weighted by Crippen LogP contribution is -2.14. The summed E-state index contributed by atoms with van der Waals surface area (Å²) in [5, 5.41) is 9.34. The molecular formula is C5H12N2O3S. The SMILES string of the molecule is CNC(=O)SCCN.O=CO. The fourth-order valence-electron chi connectivity index (χ4n) is 0.224. The lowest BCUT2D eigenvalue weighted by molar-refractivity contribution is -0.122. The van der Waals surface area contributed by atoms with Crippen molar-refractivity contribution in [2.75, 3.05) is 19.3 Å². The third kappa shape index (κ3) is 17.6. The molecule has 0 aromatic rings. The van der Waals surface area contributed by atoms with Crippen LogP contribution in [0.4, 0.5) is 4.79 Å². The van der Waals surface area contributed by atoms with Gasteiger partial charge in [0.05, 0.1) is 0 Å². The van der Waals surface area contributed by atoms with Crippen molar-refractivity contribution in [3.63, 3.8) is 0 Å². The number of carbonyl (C=O) groups is 2. The summed E-state index contributed by atoms with van der Waals surface area (Å²) in [7, 11) is 1.60. The molecule has 0 aromatic heterocycles. The highest BCUT2D eigenvalue weighted by Gasteiger charge is 1.93. The number of rotatable bonds is 2. The van der Waals surface area contributed by atoms with E-state index >= 15 is 0 Å².